The molecule has 0 spiro atoms. The highest BCUT2D eigenvalue weighted by molar-refractivity contribution is 7.89. The van der Waals surface area contributed by atoms with Gasteiger partial charge in [0.1, 0.15) is 0 Å². The van der Waals surface area contributed by atoms with Crippen molar-refractivity contribution in [3.05, 3.63) is 59.2 Å². The number of sulfonamides is 1. The van der Waals surface area contributed by atoms with E-state index >= 15 is 0 Å². The SMILES string of the molecule is Cc1ccc(S(=O)(=O)N2CC[NH+]([C@@H](C)C(=O)N3CCc4ccccc43)CC2)cc1C. The molecule has 0 bridgehead atoms. The number of hydrogen-bond acceptors (Lipinski definition) is 3. The van der Waals surface area contributed by atoms with E-state index in [4.69, 9.17) is 0 Å². The normalized spacial score (nSPS) is 19.0. The van der Waals surface area contributed by atoms with Gasteiger partial charge in [0.15, 0.2) is 6.04 Å². The monoisotopic (exact) mass is 428 g/mol. The van der Waals surface area contributed by atoms with Crippen LogP contribution in [0.25, 0.3) is 0 Å². The molecule has 1 atom stereocenters. The lowest BCUT2D eigenvalue weighted by Gasteiger charge is -2.35. The average molecular weight is 429 g/mol. The van der Waals surface area contributed by atoms with Gasteiger partial charge in [-0.1, -0.05) is 24.3 Å². The molecule has 2 heterocycles. The largest absolute Gasteiger partial charge is 0.323 e. The molecule has 1 amide bonds. The van der Waals surface area contributed by atoms with Crippen molar-refractivity contribution < 1.29 is 18.1 Å². The number of nitrogens with one attached hydrogen (secondary N) is 1. The van der Waals surface area contributed by atoms with Crippen molar-refractivity contribution in [3.8, 4) is 0 Å². The number of nitrogens with zero attached hydrogens (tertiary/aromatic N) is 2. The molecule has 2 aliphatic rings. The second-order valence-electron chi connectivity index (χ2n) is 8.40. The van der Waals surface area contributed by atoms with Crippen LogP contribution in [-0.2, 0) is 21.2 Å². The predicted molar refractivity (Wildman–Crippen MR) is 117 cm³/mol. The number of carbonyl (C=O) groups excluding carboxylic acids is 1. The van der Waals surface area contributed by atoms with Crippen LogP contribution in [0, 0.1) is 13.8 Å². The molecule has 7 heteroatoms. The molecule has 2 aromatic rings. The quantitative estimate of drug-likeness (QED) is 0.795. The van der Waals surface area contributed by atoms with Crippen LogP contribution in [0.5, 0.6) is 0 Å². The highest BCUT2D eigenvalue weighted by Crippen LogP contribution is 2.27. The van der Waals surface area contributed by atoms with Gasteiger partial charge in [0.25, 0.3) is 5.91 Å². The van der Waals surface area contributed by atoms with Gasteiger partial charge in [0.2, 0.25) is 10.0 Å². The molecule has 1 N–H and O–H groups in total. The number of rotatable bonds is 4. The van der Waals surface area contributed by atoms with E-state index in [-0.39, 0.29) is 11.9 Å². The molecular formula is C23H30N3O3S+. The van der Waals surface area contributed by atoms with Gasteiger partial charge in [-0.2, -0.15) is 4.31 Å². The number of anilines is 1. The first-order valence-corrected chi connectivity index (χ1v) is 12.0. The average Bonchev–Trinajstić information content (AvgIpc) is 3.19. The highest BCUT2D eigenvalue weighted by Gasteiger charge is 2.37. The van der Waals surface area contributed by atoms with Crippen molar-refractivity contribution in [1.29, 1.82) is 0 Å². The molecule has 2 aliphatic heterocycles. The third-order valence-electron chi connectivity index (χ3n) is 6.62. The summed E-state index contributed by atoms with van der Waals surface area (Å²) in [4.78, 5) is 16.5. The number of amides is 1. The molecule has 4 rings (SSSR count). The summed E-state index contributed by atoms with van der Waals surface area (Å²) in [6, 6.07) is 13.2. The number of piperazine rings is 1. The van der Waals surface area contributed by atoms with E-state index in [9.17, 15) is 13.2 Å². The first-order chi connectivity index (χ1) is 14.3. The number of fused-ring (bicyclic) bond motifs is 1. The van der Waals surface area contributed by atoms with Crippen molar-refractivity contribution in [2.24, 2.45) is 0 Å². The molecule has 0 unspecified atom stereocenters. The molecule has 6 nitrogen and oxygen atoms in total. The van der Waals surface area contributed by atoms with Gasteiger partial charge in [-0.3, -0.25) is 4.79 Å². The fraction of sp³-hybridized carbons (Fsp3) is 0.435. The summed E-state index contributed by atoms with van der Waals surface area (Å²) < 4.78 is 27.7. The third-order valence-corrected chi connectivity index (χ3v) is 8.51. The summed E-state index contributed by atoms with van der Waals surface area (Å²) in [5.74, 6) is 0.125. The lowest BCUT2D eigenvalue weighted by Crippen LogP contribution is -3.19. The summed E-state index contributed by atoms with van der Waals surface area (Å²) in [6.45, 7) is 8.72. The first-order valence-electron chi connectivity index (χ1n) is 10.6. The van der Waals surface area contributed by atoms with E-state index in [0.29, 0.717) is 31.1 Å². The van der Waals surface area contributed by atoms with Crippen molar-refractivity contribution in [2.45, 2.75) is 38.1 Å². The maximum Gasteiger partial charge on any atom is 0.284 e. The molecule has 2 aromatic carbocycles. The Morgan fingerprint density at radius 1 is 1.00 bits per heavy atom. The van der Waals surface area contributed by atoms with Crippen LogP contribution in [0.2, 0.25) is 0 Å². The van der Waals surface area contributed by atoms with Crippen LogP contribution >= 0.6 is 0 Å². The van der Waals surface area contributed by atoms with Gasteiger partial charge in [0.05, 0.1) is 31.1 Å². The fourth-order valence-electron chi connectivity index (χ4n) is 4.45. The van der Waals surface area contributed by atoms with Crippen LogP contribution in [0.15, 0.2) is 47.4 Å². The zero-order valence-electron chi connectivity index (χ0n) is 17.9. The number of carbonyl (C=O) groups is 1. The Hall–Kier alpha value is -2.22. The van der Waals surface area contributed by atoms with E-state index < -0.39 is 10.0 Å². The predicted octanol–water partition coefficient (Wildman–Crippen LogP) is 1.17. The van der Waals surface area contributed by atoms with Crippen LogP contribution < -0.4 is 9.80 Å². The Labute approximate surface area is 179 Å². The molecule has 0 saturated carbocycles. The zero-order valence-corrected chi connectivity index (χ0v) is 18.7. The zero-order chi connectivity index (χ0) is 21.5. The van der Waals surface area contributed by atoms with Crippen LogP contribution in [0.1, 0.15) is 23.6 Å². The Bertz CT molecular complexity index is 1060. The van der Waals surface area contributed by atoms with Crippen molar-refractivity contribution in [3.63, 3.8) is 0 Å². The van der Waals surface area contributed by atoms with Crippen LogP contribution in [0.4, 0.5) is 5.69 Å². The number of benzene rings is 2. The van der Waals surface area contributed by atoms with E-state index in [1.165, 1.54) is 5.56 Å². The summed E-state index contributed by atoms with van der Waals surface area (Å²) in [6.07, 6.45) is 0.895. The minimum Gasteiger partial charge on any atom is -0.323 e. The van der Waals surface area contributed by atoms with Gasteiger partial charge in [-0.15, -0.1) is 0 Å². The minimum absolute atomic E-state index is 0.125. The van der Waals surface area contributed by atoms with Crippen molar-refractivity contribution >= 4 is 21.6 Å². The molecule has 160 valence electrons. The summed E-state index contributed by atoms with van der Waals surface area (Å²) >= 11 is 0. The number of aryl methyl sites for hydroxylation is 2. The van der Waals surface area contributed by atoms with Crippen molar-refractivity contribution in [2.75, 3.05) is 37.6 Å². The van der Waals surface area contributed by atoms with Gasteiger partial charge in [0, 0.05) is 12.2 Å². The number of para-hydroxylation sites is 1. The van der Waals surface area contributed by atoms with Crippen LogP contribution in [0.3, 0.4) is 0 Å². The van der Waals surface area contributed by atoms with E-state index in [1.54, 1.807) is 16.4 Å². The summed E-state index contributed by atoms with van der Waals surface area (Å²) in [5, 5.41) is 0. The molecule has 0 aliphatic carbocycles. The minimum atomic E-state index is -3.50. The summed E-state index contributed by atoms with van der Waals surface area (Å²) in [5.41, 5.74) is 4.30. The molecule has 30 heavy (non-hydrogen) atoms. The Morgan fingerprint density at radius 3 is 2.40 bits per heavy atom. The standard InChI is InChI=1S/C23H29N3O3S/c1-17-8-9-21(16-18(17)2)30(28,29)25-14-12-24(13-15-25)19(3)23(27)26-11-10-20-6-4-5-7-22(20)26/h4-9,16,19H,10-15H2,1-3H3/p+1/t19-/m0/s1. The first kappa shape index (κ1) is 21.0. The molecular weight excluding hydrogens is 398 g/mol. The molecule has 1 saturated heterocycles. The number of quaternary nitrogens is 1. The lowest BCUT2D eigenvalue weighted by molar-refractivity contribution is -0.917. The Balaban J connectivity index is 1.42. The second-order valence-corrected chi connectivity index (χ2v) is 10.3. The fourth-order valence-corrected chi connectivity index (χ4v) is 5.97. The smallest absolute Gasteiger partial charge is 0.284 e. The second kappa shape index (κ2) is 8.13. The topological polar surface area (TPSA) is 62.1 Å². The van der Waals surface area contributed by atoms with E-state index in [0.717, 1.165) is 34.7 Å². The number of hydrogen-bond donors (Lipinski definition) is 1. The van der Waals surface area contributed by atoms with Crippen LogP contribution in [-0.4, -0.2) is 57.4 Å². The van der Waals surface area contributed by atoms with Crippen molar-refractivity contribution in [1.82, 2.24) is 4.31 Å². The molecule has 0 aromatic heterocycles. The third kappa shape index (κ3) is 3.77. The summed E-state index contributed by atoms with van der Waals surface area (Å²) in [7, 11) is -3.50. The highest BCUT2D eigenvalue weighted by atomic mass is 32.2. The maximum absolute atomic E-state index is 13.1. The Morgan fingerprint density at radius 2 is 1.70 bits per heavy atom. The molecule has 1 fully saturated rings. The van der Waals surface area contributed by atoms with Gasteiger partial charge < -0.3 is 9.80 Å². The van der Waals surface area contributed by atoms with E-state index in [1.807, 2.05) is 49.9 Å². The maximum atomic E-state index is 13.1. The van der Waals surface area contributed by atoms with E-state index in [2.05, 4.69) is 6.07 Å². The van der Waals surface area contributed by atoms with Gasteiger partial charge in [-0.05, 0) is 62.1 Å². The lowest BCUT2D eigenvalue weighted by atomic mass is 10.1. The Kier molecular flexibility index (Phi) is 5.70. The van der Waals surface area contributed by atoms with Gasteiger partial charge in [-0.25, -0.2) is 8.42 Å². The molecule has 0 radical (unpaired) electrons. The van der Waals surface area contributed by atoms with Gasteiger partial charge >= 0.3 is 0 Å².